The number of nitrogens with one attached hydrogen (secondary N) is 4. The number of hydrogen-bond acceptors (Lipinski definition) is 8. The number of imidazole rings is 1. The Hall–Kier alpha value is -4.01. The third kappa shape index (κ3) is 9.77. The van der Waals surface area contributed by atoms with Crippen LogP contribution >= 0.6 is 0 Å². The molecule has 0 saturated carbocycles. The average molecular weight is 470 g/mol. The zero-order valence-corrected chi connectivity index (χ0v) is 17.6. The van der Waals surface area contributed by atoms with Gasteiger partial charge in [-0.1, -0.05) is 0 Å². The largest absolute Gasteiger partial charge is 0.481 e. The molecule has 9 N–H and O–H groups in total. The Bertz CT molecular complexity index is 871. The van der Waals surface area contributed by atoms with Crippen molar-refractivity contribution in [3.05, 3.63) is 18.2 Å². The van der Waals surface area contributed by atoms with Crippen LogP contribution in [0.25, 0.3) is 0 Å². The smallest absolute Gasteiger partial charge is 0.326 e. The molecule has 0 aliphatic carbocycles. The number of aromatic nitrogens is 2. The lowest BCUT2D eigenvalue weighted by Gasteiger charge is -2.24. The van der Waals surface area contributed by atoms with Gasteiger partial charge in [0.1, 0.15) is 18.1 Å². The van der Waals surface area contributed by atoms with Gasteiger partial charge in [0.15, 0.2) is 0 Å². The molecule has 0 spiro atoms. The molecule has 0 bridgehead atoms. The average Bonchev–Trinajstić information content (AvgIpc) is 3.22. The molecule has 15 heteroatoms. The monoisotopic (exact) mass is 470 g/mol. The highest BCUT2D eigenvalue weighted by molar-refractivity contribution is 5.95. The molecule has 3 amide bonds. The second-order valence-corrected chi connectivity index (χ2v) is 7.12. The van der Waals surface area contributed by atoms with E-state index in [9.17, 15) is 33.9 Å². The quantitative estimate of drug-likeness (QED) is 0.137. The van der Waals surface area contributed by atoms with Crippen LogP contribution in [0, 0.1) is 0 Å². The van der Waals surface area contributed by atoms with Crippen molar-refractivity contribution < 1.29 is 44.1 Å². The Morgan fingerprint density at radius 3 is 2.00 bits per heavy atom. The van der Waals surface area contributed by atoms with Gasteiger partial charge in [0.05, 0.1) is 18.8 Å². The zero-order chi connectivity index (χ0) is 25.1. The Morgan fingerprint density at radius 2 is 1.52 bits per heavy atom. The van der Waals surface area contributed by atoms with Crippen molar-refractivity contribution >= 4 is 35.6 Å². The lowest BCUT2D eigenvalue weighted by molar-refractivity contribution is -0.143. The Kier molecular flexibility index (Phi) is 10.4. The summed E-state index contributed by atoms with van der Waals surface area (Å²) in [5, 5.41) is 33.8. The summed E-state index contributed by atoms with van der Waals surface area (Å²) in [6.07, 6.45) is 0.660. The first-order valence-corrected chi connectivity index (χ1v) is 9.71. The molecule has 1 heterocycles. The summed E-state index contributed by atoms with van der Waals surface area (Å²) >= 11 is 0. The SMILES string of the molecule is CC(N)C(=O)NC(CC(=O)O)C(=O)NC(CCC(=O)O)C(=O)NC(Cc1cnc[nH]1)C(=O)O. The molecular formula is C18H26N6O9. The number of nitrogens with two attached hydrogens (primary N) is 1. The third-order valence-electron chi connectivity index (χ3n) is 4.30. The fraction of sp³-hybridized carbons (Fsp3) is 0.500. The molecule has 0 radical (unpaired) electrons. The van der Waals surface area contributed by atoms with Gasteiger partial charge in [0.25, 0.3) is 0 Å². The van der Waals surface area contributed by atoms with E-state index in [-0.39, 0.29) is 6.42 Å². The van der Waals surface area contributed by atoms with Gasteiger partial charge >= 0.3 is 17.9 Å². The molecule has 182 valence electrons. The molecule has 0 aliphatic heterocycles. The Balaban J connectivity index is 3.00. The van der Waals surface area contributed by atoms with E-state index in [0.717, 1.165) is 0 Å². The Morgan fingerprint density at radius 1 is 0.939 bits per heavy atom. The fourth-order valence-corrected chi connectivity index (χ4v) is 2.58. The van der Waals surface area contributed by atoms with Gasteiger partial charge in [-0.15, -0.1) is 0 Å². The second kappa shape index (κ2) is 12.7. The maximum absolute atomic E-state index is 12.7. The first-order valence-electron chi connectivity index (χ1n) is 9.71. The van der Waals surface area contributed by atoms with Crippen molar-refractivity contribution in [2.24, 2.45) is 5.73 Å². The summed E-state index contributed by atoms with van der Waals surface area (Å²) in [6.45, 7) is 1.31. The number of carboxylic acids is 3. The van der Waals surface area contributed by atoms with Gasteiger partial charge in [-0.3, -0.25) is 24.0 Å². The molecule has 1 aromatic rings. The zero-order valence-electron chi connectivity index (χ0n) is 17.6. The van der Waals surface area contributed by atoms with Crippen LogP contribution in [0.1, 0.15) is 31.9 Å². The molecule has 4 unspecified atom stereocenters. The molecule has 1 aromatic heterocycles. The number of carbonyl (C=O) groups is 6. The lowest BCUT2D eigenvalue weighted by atomic mass is 10.1. The third-order valence-corrected chi connectivity index (χ3v) is 4.30. The fourth-order valence-electron chi connectivity index (χ4n) is 2.58. The molecule has 0 aromatic carbocycles. The minimum atomic E-state index is -1.61. The first-order chi connectivity index (χ1) is 15.4. The highest BCUT2D eigenvalue weighted by atomic mass is 16.4. The number of aliphatic carboxylic acids is 3. The van der Waals surface area contributed by atoms with Crippen LogP contribution in [-0.4, -0.2) is 85.1 Å². The molecule has 0 saturated heterocycles. The van der Waals surface area contributed by atoms with Crippen molar-refractivity contribution in [2.45, 2.75) is 56.8 Å². The first kappa shape index (κ1) is 27.0. The van der Waals surface area contributed by atoms with Crippen LogP contribution in [-0.2, 0) is 35.2 Å². The molecule has 33 heavy (non-hydrogen) atoms. The van der Waals surface area contributed by atoms with Crippen LogP contribution in [0.15, 0.2) is 12.5 Å². The van der Waals surface area contributed by atoms with Gasteiger partial charge in [0.2, 0.25) is 17.7 Å². The molecule has 0 aliphatic rings. The lowest BCUT2D eigenvalue weighted by Crippen LogP contribution is -2.57. The molecule has 1 rings (SSSR count). The van der Waals surface area contributed by atoms with E-state index in [1.165, 1.54) is 19.4 Å². The Labute approximate surface area is 187 Å². The van der Waals surface area contributed by atoms with Crippen LogP contribution in [0.2, 0.25) is 0 Å². The number of amides is 3. The maximum atomic E-state index is 12.7. The van der Waals surface area contributed by atoms with Gasteiger partial charge in [-0.25, -0.2) is 9.78 Å². The number of H-pyrrole nitrogens is 1. The molecule has 15 nitrogen and oxygen atoms in total. The number of carbonyl (C=O) groups excluding carboxylic acids is 3. The number of aromatic amines is 1. The maximum Gasteiger partial charge on any atom is 0.326 e. The topological polar surface area (TPSA) is 254 Å². The summed E-state index contributed by atoms with van der Waals surface area (Å²) in [5.74, 6) is -7.04. The summed E-state index contributed by atoms with van der Waals surface area (Å²) in [7, 11) is 0. The summed E-state index contributed by atoms with van der Waals surface area (Å²) in [6, 6.07) is -5.63. The van der Waals surface area contributed by atoms with Crippen molar-refractivity contribution in [3.63, 3.8) is 0 Å². The normalized spacial score (nSPS) is 14.2. The van der Waals surface area contributed by atoms with Crippen LogP contribution in [0.5, 0.6) is 0 Å². The van der Waals surface area contributed by atoms with E-state index >= 15 is 0 Å². The number of rotatable bonds is 14. The van der Waals surface area contributed by atoms with Crippen LogP contribution in [0.3, 0.4) is 0 Å². The van der Waals surface area contributed by atoms with Gasteiger partial charge in [-0.05, 0) is 13.3 Å². The van der Waals surface area contributed by atoms with E-state index in [1.54, 1.807) is 0 Å². The molecule has 0 fully saturated rings. The predicted molar refractivity (Wildman–Crippen MR) is 108 cm³/mol. The van der Waals surface area contributed by atoms with Crippen molar-refractivity contribution in [2.75, 3.05) is 0 Å². The number of carboxylic acid groups (broad SMARTS) is 3. The minimum absolute atomic E-state index is 0.174. The molecule has 4 atom stereocenters. The van der Waals surface area contributed by atoms with Crippen molar-refractivity contribution in [3.8, 4) is 0 Å². The summed E-state index contributed by atoms with van der Waals surface area (Å²) in [4.78, 5) is 77.1. The minimum Gasteiger partial charge on any atom is -0.481 e. The van der Waals surface area contributed by atoms with Crippen molar-refractivity contribution in [1.29, 1.82) is 0 Å². The van der Waals surface area contributed by atoms with Crippen molar-refractivity contribution in [1.82, 2.24) is 25.9 Å². The van der Waals surface area contributed by atoms with E-state index in [1.807, 2.05) is 0 Å². The highest BCUT2D eigenvalue weighted by Crippen LogP contribution is 2.05. The summed E-state index contributed by atoms with van der Waals surface area (Å²) < 4.78 is 0. The van der Waals surface area contributed by atoms with Gasteiger partial charge in [-0.2, -0.15) is 0 Å². The van der Waals surface area contributed by atoms with Crippen LogP contribution < -0.4 is 21.7 Å². The van der Waals surface area contributed by atoms with E-state index in [4.69, 9.17) is 15.9 Å². The van der Waals surface area contributed by atoms with E-state index in [0.29, 0.717) is 5.69 Å². The van der Waals surface area contributed by atoms with E-state index in [2.05, 4.69) is 25.9 Å². The summed E-state index contributed by atoms with van der Waals surface area (Å²) in [5.41, 5.74) is 5.80. The predicted octanol–water partition coefficient (Wildman–Crippen LogP) is -2.82. The molecular weight excluding hydrogens is 444 g/mol. The highest BCUT2D eigenvalue weighted by Gasteiger charge is 2.31. The van der Waals surface area contributed by atoms with E-state index < -0.39 is 79.1 Å². The second-order valence-electron chi connectivity index (χ2n) is 7.12. The number of nitrogens with zero attached hydrogens (tertiary/aromatic N) is 1. The van der Waals surface area contributed by atoms with Crippen LogP contribution in [0.4, 0.5) is 0 Å². The number of hydrogen-bond donors (Lipinski definition) is 8. The standard InChI is InChI=1S/C18H26N6O9/c1-8(19)15(29)23-11(5-14(27)28)17(31)22-10(2-3-13(25)26)16(30)24-12(18(32)33)4-9-6-20-7-21-9/h6-8,10-12H,2-5,19H2,1H3,(H,20,21)(H,22,31)(H,23,29)(H,24,30)(H,25,26)(H,27,28)(H,32,33). The van der Waals surface area contributed by atoms with Gasteiger partial charge < -0.3 is 42.0 Å². The van der Waals surface area contributed by atoms with Gasteiger partial charge in [0, 0.05) is 24.7 Å².